The number of phenolic OH excluding ortho intramolecular Hbond substituents is 1. The Labute approximate surface area is 123 Å². The highest BCUT2D eigenvalue weighted by Crippen LogP contribution is 2.36. The number of nitrogens with one attached hydrogen (secondary N) is 1. The molecule has 104 valence electrons. The molecule has 1 heterocycles. The van der Waals surface area contributed by atoms with Gasteiger partial charge in [-0.05, 0) is 29.3 Å². The lowest BCUT2D eigenvalue weighted by Crippen LogP contribution is -2.01. The van der Waals surface area contributed by atoms with Crippen molar-refractivity contribution in [1.82, 2.24) is 4.98 Å². The fourth-order valence-electron chi connectivity index (χ4n) is 2.30. The zero-order chi connectivity index (χ0) is 14.5. The van der Waals surface area contributed by atoms with Gasteiger partial charge in [0.1, 0.15) is 5.75 Å². The molecule has 0 saturated carbocycles. The van der Waals surface area contributed by atoms with Gasteiger partial charge in [0.2, 0.25) is 0 Å². The van der Waals surface area contributed by atoms with Gasteiger partial charge in [-0.2, -0.15) is 0 Å². The Balaban J connectivity index is 1.91. The Hall–Kier alpha value is -2.81. The molecule has 0 atom stereocenters. The van der Waals surface area contributed by atoms with Gasteiger partial charge in [-0.15, -0.1) is 0 Å². The third-order valence-electron chi connectivity index (χ3n) is 3.31. The van der Waals surface area contributed by atoms with E-state index in [1.807, 2.05) is 60.8 Å². The Morgan fingerprint density at radius 2 is 1.76 bits per heavy atom. The van der Waals surface area contributed by atoms with E-state index in [4.69, 9.17) is 0 Å². The molecule has 0 saturated heterocycles. The number of pyridine rings is 1. The van der Waals surface area contributed by atoms with Gasteiger partial charge in [-0.25, -0.2) is 0 Å². The number of nitrogens with zero attached hydrogens (tertiary/aromatic N) is 1. The molecule has 3 nitrogen and oxygen atoms in total. The van der Waals surface area contributed by atoms with E-state index >= 15 is 0 Å². The molecule has 0 fully saturated rings. The molecule has 0 spiro atoms. The van der Waals surface area contributed by atoms with Crippen molar-refractivity contribution in [3.8, 4) is 16.9 Å². The van der Waals surface area contributed by atoms with E-state index in [1.165, 1.54) is 0 Å². The average Bonchev–Trinajstić information content (AvgIpc) is 2.55. The summed E-state index contributed by atoms with van der Waals surface area (Å²) in [6, 6.07) is 19.3. The first-order chi connectivity index (χ1) is 10.3. The van der Waals surface area contributed by atoms with Crippen LogP contribution >= 0.6 is 0 Å². The Kier molecular flexibility index (Phi) is 3.83. The summed E-state index contributed by atoms with van der Waals surface area (Å²) in [4.78, 5) is 4.11. The van der Waals surface area contributed by atoms with Crippen LogP contribution in [-0.2, 0) is 6.54 Å². The zero-order valence-corrected chi connectivity index (χ0v) is 11.5. The number of aromatic nitrogens is 1. The molecular formula is C18H16N2O. The summed E-state index contributed by atoms with van der Waals surface area (Å²) in [5.41, 5.74) is 3.82. The van der Waals surface area contributed by atoms with Gasteiger partial charge in [-0.1, -0.05) is 42.5 Å². The van der Waals surface area contributed by atoms with Crippen LogP contribution < -0.4 is 5.32 Å². The number of aromatic hydroxyl groups is 1. The number of anilines is 1. The maximum atomic E-state index is 10.2. The van der Waals surface area contributed by atoms with Crippen LogP contribution in [-0.4, -0.2) is 10.1 Å². The summed E-state index contributed by atoms with van der Waals surface area (Å²) < 4.78 is 0. The Bertz CT molecular complexity index is 712. The first-order valence-corrected chi connectivity index (χ1v) is 6.85. The smallest absolute Gasteiger partial charge is 0.125 e. The van der Waals surface area contributed by atoms with Crippen LogP contribution in [0.1, 0.15) is 5.56 Å². The van der Waals surface area contributed by atoms with Gasteiger partial charge in [0.05, 0.1) is 0 Å². The van der Waals surface area contributed by atoms with E-state index in [1.54, 1.807) is 12.3 Å². The number of benzene rings is 2. The fraction of sp³-hybridized carbons (Fsp3) is 0.0556. The van der Waals surface area contributed by atoms with Crippen molar-refractivity contribution in [3.63, 3.8) is 0 Å². The molecule has 3 rings (SSSR count). The minimum absolute atomic E-state index is 0.275. The van der Waals surface area contributed by atoms with E-state index in [0.29, 0.717) is 6.54 Å². The van der Waals surface area contributed by atoms with E-state index in [0.717, 1.165) is 22.4 Å². The normalized spacial score (nSPS) is 10.3. The van der Waals surface area contributed by atoms with Gasteiger partial charge in [0.25, 0.3) is 0 Å². The molecule has 1 aromatic heterocycles. The van der Waals surface area contributed by atoms with Crippen LogP contribution in [0, 0.1) is 0 Å². The molecule has 0 aliphatic heterocycles. The summed E-state index contributed by atoms with van der Waals surface area (Å²) in [5.74, 6) is 0.275. The van der Waals surface area contributed by atoms with E-state index < -0.39 is 0 Å². The lowest BCUT2D eigenvalue weighted by Gasteiger charge is -2.13. The van der Waals surface area contributed by atoms with Crippen LogP contribution in [0.5, 0.6) is 5.75 Å². The van der Waals surface area contributed by atoms with Crippen molar-refractivity contribution >= 4 is 5.69 Å². The molecular weight excluding hydrogens is 260 g/mol. The van der Waals surface area contributed by atoms with Crippen LogP contribution in [0.3, 0.4) is 0 Å². The maximum absolute atomic E-state index is 10.2. The summed E-state index contributed by atoms with van der Waals surface area (Å²) >= 11 is 0. The van der Waals surface area contributed by atoms with Crippen molar-refractivity contribution in [2.45, 2.75) is 6.54 Å². The second-order valence-electron chi connectivity index (χ2n) is 4.78. The summed E-state index contributed by atoms with van der Waals surface area (Å²) in [6.45, 7) is 0.664. The second kappa shape index (κ2) is 6.09. The molecule has 0 aliphatic rings. The van der Waals surface area contributed by atoms with E-state index in [9.17, 15) is 5.11 Å². The van der Waals surface area contributed by atoms with Crippen molar-refractivity contribution in [3.05, 3.63) is 78.6 Å². The number of rotatable bonds is 4. The minimum atomic E-state index is 0.275. The zero-order valence-electron chi connectivity index (χ0n) is 11.5. The molecule has 2 N–H and O–H groups in total. The first-order valence-electron chi connectivity index (χ1n) is 6.85. The van der Waals surface area contributed by atoms with Crippen LogP contribution in [0.25, 0.3) is 11.1 Å². The van der Waals surface area contributed by atoms with Crippen LogP contribution in [0.4, 0.5) is 5.69 Å². The third kappa shape index (κ3) is 3.03. The van der Waals surface area contributed by atoms with E-state index in [-0.39, 0.29) is 5.75 Å². The van der Waals surface area contributed by atoms with Gasteiger partial charge >= 0.3 is 0 Å². The minimum Gasteiger partial charge on any atom is -0.507 e. The number of hydrogen-bond acceptors (Lipinski definition) is 3. The molecule has 0 aliphatic carbocycles. The molecule has 0 radical (unpaired) electrons. The molecule has 3 aromatic rings. The third-order valence-corrected chi connectivity index (χ3v) is 3.31. The fourth-order valence-corrected chi connectivity index (χ4v) is 2.30. The predicted molar refractivity (Wildman–Crippen MR) is 85.1 cm³/mol. The Morgan fingerprint density at radius 3 is 2.52 bits per heavy atom. The molecule has 0 unspecified atom stereocenters. The van der Waals surface area contributed by atoms with Crippen molar-refractivity contribution in [2.75, 3.05) is 5.32 Å². The highest BCUT2D eigenvalue weighted by Gasteiger charge is 2.09. The predicted octanol–water partition coefficient (Wildman–Crippen LogP) is 4.07. The van der Waals surface area contributed by atoms with Crippen LogP contribution in [0.2, 0.25) is 0 Å². The average molecular weight is 276 g/mol. The monoisotopic (exact) mass is 276 g/mol. The van der Waals surface area contributed by atoms with Crippen molar-refractivity contribution in [1.29, 1.82) is 0 Å². The number of phenols is 1. The van der Waals surface area contributed by atoms with Gasteiger partial charge in [0, 0.05) is 30.2 Å². The number of hydrogen-bond donors (Lipinski definition) is 2. The lowest BCUT2D eigenvalue weighted by molar-refractivity contribution is 0.477. The van der Waals surface area contributed by atoms with Gasteiger partial charge in [-0.3, -0.25) is 4.98 Å². The molecule has 0 bridgehead atoms. The second-order valence-corrected chi connectivity index (χ2v) is 4.78. The molecule has 3 heteroatoms. The SMILES string of the molecule is Oc1cccc(NCc2cccnc2)c1-c1ccccc1. The maximum Gasteiger partial charge on any atom is 0.125 e. The van der Waals surface area contributed by atoms with Crippen LogP contribution in [0.15, 0.2) is 73.1 Å². The summed E-state index contributed by atoms with van der Waals surface area (Å²) in [6.07, 6.45) is 3.59. The summed E-state index contributed by atoms with van der Waals surface area (Å²) in [7, 11) is 0. The van der Waals surface area contributed by atoms with E-state index in [2.05, 4.69) is 10.3 Å². The summed E-state index contributed by atoms with van der Waals surface area (Å²) in [5, 5.41) is 13.6. The first kappa shape index (κ1) is 13.2. The largest absolute Gasteiger partial charge is 0.507 e. The Morgan fingerprint density at radius 1 is 0.905 bits per heavy atom. The highest BCUT2D eigenvalue weighted by atomic mass is 16.3. The van der Waals surface area contributed by atoms with Crippen molar-refractivity contribution in [2.24, 2.45) is 0 Å². The molecule has 21 heavy (non-hydrogen) atoms. The topological polar surface area (TPSA) is 45.1 Å². The lowest BCUT2D eigenvalue weighted by atomic mass is 10.0. The quantitative estimate of drug-likeness (QED) is 0.755. The van der Waals surface area contributed by atoms with Crippen molar-refractivity contribution < 1.29 is 5.11 Å². The highest BCUT2D eigenvalue weighted by molar-refractivity contribution is 5.82. The van der Waals surface area contributed by atoms with Gasteiger partial charge < -0.3 is 10.4 Å². The molecule has 2 aromatic carbocycles. The standard InChI is InChI=1S/C18H16N2O/c21-17-10-4-9-16(18(17)15-7-2-1-3-8-15)20-13-14-6-5-11-19-12-14/h1-12,20-21H,13H2. The molecule has 0 amide bonds. The van der Waals surface area contributed by atoms with Gasteiger partial charge in [0.15, 0.2) is 0 Å².